The fourth-order valence-corrected chi connectivity index (χ4v) is 7.05. The number of ether oxygens (including phenoxy) is 1. The summed E-state index contributed by atoms with van der Waals surface area (Å²) in [7, 11) is 0. The molecule has 4 aliphatic carbocycles. The van der Waals surface area contributed by atoms with Crippen molar-refractivity contribution in [3.05, 3.63) is 94.0 Å². The third kappa shape index (κ3) is 3.29. The third-order valence-electron chi connectivity index (χ3n) is 8.38. The molecule has 0 radical (unpaired) electrons. The van der Waals surface area contributed by atoms with Gasteiger partial charge in [-0.05, 0) is 71.0 Å². The highest BCUT2D eigenvalue weighted by Crippen LogP contribution is 2.75. The van der Waals surface area contributed by atoms with Gasteiger partial charge in [-0.15, -0.1) is 0 Å². The van der Waals surface area contributed by atoms with E-state index in [1.165, 1.54) is 5.56 Å². The van der Waals surface area contributed by atoms with E-state index >= 15 is 0 Å². The maximum atomic E-state index is 12.8. The van der Waals surface area contributed by atoms with Gasteiger partial charge in [0, 0.05) is 16.4 Å². The van der Waals surface area contributed by atoms with Gasteiger partial charge in [-0.3, -0.25) is 0 Å². The Kier molecular flexibility index (Phi) is 4.98. The number of fused-ring (bicyclic) bond motifs is 3. The number of carbonyl (C=O) groups is 2. The molecular weight excluding hydrogens is 462 g/mol. The van der Waals surface area contributed by atoms with Crippen LogP contribution in [0.4, 0.5) is 4.79 Å². The highest BCUT2D eigenvalue weighted by molar-refractivity contribution is 6.31. The van der Waals surface area contributed by atoms with Crippen molar-refractivity contribution in [3.63, 3.8) is 0 Å². The van der Waals surface area contributed by atoms with Crippen molar-refractivity contribution in [1.82, 2.24) is 5.32 Å². The summed E-state index contributed by atoms with van der Waals surface area (Å²) >= 11 is 6.32. The summed E-state index contributed by atoms with van der Waals surface area (Å²) in [6.07, 6.45) is 1.49. The van der Waals surface area contributed by atoms with Gasteiger partial charge in [0.15, 0.2) is 0 Å². The quantitative estimate of drug-likeness (QED) is 0.443. The van der Waals surface area contributed by atoms with E-state index in [9.17, 15) is 14.7 Å². The van der Waals surface area contributed by atoms with Crippen molar-refractivity contribution in [2.75, 3.05) is 6.61 Å². The second kappa shape index (κ2) is 7.85. The van der Waals surface area contributed by atoms with Crippen molar-refractivity contribution in [2.45, 2.75) is 43.6 Å². The van der Waals surface area contributed by atoms with E-state index in [0.29, 0.717) is 0 Å². The van der Waals surface area contributed by atoms with Gasteiger partial charge in [0.2, 0.25) is 0 Å². The molecule has 5 nitrogen and oxygen atoms in total. The summed E-state index contributed by atoms with van der Waals surface area (Å²) in [5.41, 5.74) is 6.31. The average molecular weight is 488 g/mol. The van der Waals surface area contributed by atoms with Crippen LogP contribution in [0.5, 0.6) is 0 Å². The van der Waals surface area contributed by atoms with Crippen LogP contribution in [0.25, 0.3) is 11.1 Å². The number of aliphatic carboxylic acids is 1. The number of carboxylic acid groups (broad SMARTS) is 1. The summed E-state index contributed by atoms with van der Waals surface area (Å²) in [5, 5.41) is 13.4. The second-order valence-corrected chi connectivity index (χ2v) is 10.7. The molecule has 3 aromatic rings. The first-order valence-electron chi connectivity index (χ1n) is 11.9. The van der Waals surface area contributed by atoms with E-state index < -0.39 is 23.5 Å². The molecule has 1 unspecified atom stereocenters. The average Bonchev–Trinajstić information content (AvgIpc) is 3.11. The maximum absolute atomic E-state index is 12.8. The minimum absolute atomic E-state index is 0.0362. The number of nitrogens with one attached hydrogen (secondary N) is 1. The van der Waals surface area contributed by atoms with Gasteiger partial charge >= 0.3 is 12.1 Å². The first-order chi connectivity index (χ1) is 16.8. The van der Waals surface area contributed by atoms with Gasteiger partial charge in [-0.2, -0.15) is 0 Å². The molecule has 0 aromatic heterocycles. The molecule has 3 fully saturated rings. The molecule has 0 aliphatic heterocycles. The molecule has 0 spiro atoms. The number of alkyl carbamates (subject to hydrolysis) is 1. The van der Waals surface area contributed by atoms with E-state index in [2.05, 4.69) is 35.6 Å². The largest absolute Gasteiger partial charge is 0.480 e. The Morgan fingerprint density at radius 3 is 2.20 bits per heavy atom. The number of benzene rings is 3. The summed E-state index contributed by atoms with van der Waals surface area (Å²) in [5.74, 6) is -1.09. The molecule has 1 atom stereocenters. The zero-order valence-electron chi connectivity index (χ0n) is 19.4. The molecule has 0 saturated heterocycles. The third-order valence-corrected chi connectivity index (χ3v) is 8.79. The Bertz CT molecular complexity index is 1300. The van der Waals surface area contributed by atoms with Gasteiger partial charge in [-0.1, -0.05) is 72.3 Å². The topological polar surface area (TPSA) is 75.6 Å². The molecular formula is C29H26ClNO4. The second-order valence-electron chi connectivity index (χ2n) is 10.3. The smallest absolute Gasteiger partial charge is 0.407 e. The zero-order chi connectivity index (χ0) is 24.4. The van der Waals surface area contributed by atoms with E-state index in [0.717, 1.165) is 52.1 Å². The number of carboxylic acids is 1. The lowest BCUT2D eigenvalue weighted by atomic mass is 9.31. The number of hydrogen-bond acceptors (Lipinski definition) is 3. The fourth-order valence-electron chi connectivity index (χ4n) is 6.87. The lowest BCUT2D eigenvalue weighted by molar-refractivity contribution is -0.183. The van der Waals surface area contributed by atoms with Crippen LogP contribution in [0, 0.1) is 12.3 Å². The minimum Gasteiger partial charge on any atom is -0.480 e. The van der Waals surface area contributed by atoms with Crippen LogP contribution in [-0.2, 0) is 14.9 Å². The molecule has 4 aliphatic rings. The van der Waals surface area contributed by atoms with Crippen LogP contribution < -0.4 is 5.32 Å². The van der Waals surface area contributed by atoms with E-state index in [4.69, 9.17) is 16.3 Å². The number of halogens is 1. The minimum atomic E-state index is -1.02. The summed E-state index contributed by atoms with van der Waals surface area (Å²) in [4.78, 5) is 24.9. The van der Waals surface area contributed by atoms with Crippen molar-refractivity contribution in [1.29, 1.82) is 0 Å². The van der Waals surface area contributed by atoms with Gasteiger partial charge < -0.3 is 15.2 Å². The summed E-state index contributed by atoms with van der Waals surface area (Å²) < 4.78 is 5.62. The van der Waals surface area contributed by atoms with E-state index in [1.54, 1.807) is 0 Å². The van der Waals surface area contributed by atoms with Crippen LogP contribution in [0.1, 0.15) is 47.4 Å². The molecule has 2 N–H and O–H groups in total. The molecule has 2 bridgehead atoms. The Balaban J connectivity index is 1.14. The molecule has 178 valence electrons. The molecule has 0 heterocycles. The van der Waals surface area contributed by atoms with Gasteiger partial charge in [0.25, 0.3) is 0 Å². The molecule has 3 saturated carbocycles. The van der Waals surface area contributed by atoms with Crippen LogP contribution >= 0.6 is 11.6 Å². The monoisotopic (exact) mass is 487 g/mol. The molecule has 35 heavy (non-hydrogen) atoms. The van der Waals surface area contributed by atoms with Crippen molar-refractivity contribution in [2.24, 2.45) is 5.41 Å². The van der Waals surface area contributed by atoms with Crippen LogP contribution in [0.3, 0.4) is 0 Å². The molecule has 6 heteroatoms. The van der Waals surface area contributed by atoms with Crippen LogP contribution in [0.15, 0.2) is 66.7 Å². The van der Waals surface area contributed by atoms with Crippen molar-refractivity contribution >= 4 is 23.7 Å². The highest BCUT2D eigenvalue weighted by Gasteiger charge is 2.72. The predicted octanol–water partition coefficient (Wildman–Crippen LogP) is 6.06. The lowest BCUT2D eigenvalue weighted by Gasteiger charge is -2.72. The Morgan fingerprint density at radius 1 is 1.00 bits per heavy atom. The SMILES string of the molecule is Cc1c(Cl)cccc1C12CC(C(NC(=O)OCC3c4ccccc4-c4ccccc43)C(=O)O)(C1)C2. The molecule has 7 rings (SSSR count). The van der Waals surface area contributed by atoms with Gasteiger partial charge in [0.05, 0.1) is 0 Å². The van der Waals surface area contributed by atoms with Crippen molar-refractivity contribution < 1.29 is 19.4 Å². The number of hydrogen-bond donors (Lipinski definition) is 2. The predicted molar refractivity (Wildman–Crippen MR) is 134 cm³/mol. The highest BCUT2D eigenvalue weighted by atomic mass is 35.5. The first kappa shape index (κ1) is 22.2. The Labute approximate surface area is 209 Å². The molecule has 3 aromatic carbocycles. The van der Waals surface area contributed by atoms with E-state index in [1.807, 2.05) is 43.3 Å². The van der Waals surface area contributed by atoms with Gasteiger partial charge in [-0.25, -0.2) is 9.59 Å². The van der Waals surface area contributed by atoms with Crippen LogP contribution in [0.2, 0.25) is 5.02 Å². The summed E-state index contributed by atoms with van der Waals surface area (Å²) in [6.45, 7) is 2.17. The summed E-state index contributed by atoms with van der Waals surface area (Å²) in [6, 6.07) is 21.2. The lowest BCUT2D eigenvalue weighted by Crippen LogP contribution is -2.73. The van der Waals surface area contributed by atoms with Crippen LogP contribution in [-0.4, -0.2) is 29.8 Å². The first-order valence-corrected chi connectivity index (χ1v) is 12.3. The number of rotatable bonds is 6. The van der Waals surface area contributed by atoms with E-state index in [-0.39, 0.29) is 17.9 Å². The normalized spacial score (nSPS) is 24.4. The standard InChI is InChI=1S/C29H26ClNO4/c1-17-23(11-6-12-24(17)30)28-14-29(15-28,16-28)25(26(32)33)31-27(34)35-13-22-20-9-4-2-7-18(20)19-8-3-5-10-21(19)22/h2-12,22,25H,13-16H2,1H3,(H,31,34)(H,32,33). The van der Waals surface area contributed by atoms with Crippen molar-refractivity contribution in [3.8, 4) is 11.1 Å². The fraction of sp³-hybridized carbons (Fsp3) is 0.310. The number of amides is 1. The van der Waals surface area contributed by atoms with Gasteiger partial charge in [0.1, 0.15) is 12.6 Å². The number of carbonyl (C=O) groups excluding carboxylic acids is 1. The maximum Gasteiger partial charge on any atom is 0.407 e. The Morgan fingerprint density at radius 2 is 1.60 bits per heavy atom. The zero-order valence-corrected chi connectivity index (χ0v) is 20.1. The molecule has 1 amide bonds. The Hall–Kier alpha value is -3.31.